The Bertz CT molecular complexity index is 976. The molecule has 0 aromatic heterocycles. The molecule has 2 saturated heterocycles. The minimum Gasteiger partial charge on any atom is -0.411 e. The van der Waals surface area contributed by atoms with Crippen molar-refractivity contribution in [3.05, 3.63) is 36.0 Å². The molecule has 0 aromatic carbocycles. The van der Waals surface area contributed by atoms with Crippen molar-refractivity contribution in [3.63, 3.8) is 0 Å². The average Bonchev–Trinajstić information content (AvgIpc) is 3.73. The molecule has 2 heterocycles. The van der Waals surface area contributed by atoms with E-state index in [1.165, 1.54) is 5.57 Å². The van der Waals surface area contributed by atoms with E-state index in [-0.39, 0.29) is 40.9 Å². The Labute approximate surface area is 265 Å². The molecule has 0 radical (unpaired) electrons. The lowest BCUT2D eigenvalue weighted by atomic mass is 9.83. The maximum Gasteiger partial charge on any atom is 0.243 e. The minimum atomic E-state index is -1.85. The molecular weight excluding hydrogens is 571 g/mol. The predicted octanol–water partition coefficient (Wildman–Crippen LogP) is 8.47. The number of hydrogen-bond acceptors (Lipinski definition) is 5. The fourth-order valence-electron chi connectivity index (χ4n) is 6.26. The second-order valence-corrected chi connectivity index (χ2v) is 24.4. The van der Waals surface area contributed by atoms with Gasteiger partial charge in [-0.05, 0) is 88.1 Å². The van der Waals surface area contributed by atoms with Crippen molar-refractivity contribution in [2.24, 2.45) is 5.92 Å². The summed E-state index contributed by atoms with van der Waals surface area (Å²) in [6, 6.07) is 3.67. The molecule has 0 aromatic rings. The average molecular weight is 634 g/mol. The van der Waals surface area contributed by atoms with Crippen molar-refractivity contribution in [2.45, 2.75) is 160 Å². The monoisotopic (exact) mass is 633 g/mol. The summed E-state index contributed by atoms with van der Waals surface area (Å²) in [5.41, 5.74) is 1.14. The molecule has 246 valence electrons. The summed E-state index contributed by atoms with van der Waals surface area (Å²) in [4.78, 5) is 12.6. The predicted molar refractivity (Wildman–Crippen MR) is 183 cm³/mol. The SMILES string of the molecule is CC[Si](CC)(CC)O[C@@H]1[C@@H](C=CC(C)=CCC2CCC(NC(=O)C=CC(C)O[Si](C)(C)C(C)(C)C)CC2)OCC[C@@]12CO2. The van der Waals surface area contributed by atoms with Gasteiger partial charge in [-0.1, -0.05) is 71.4 Å². The van der Waals surface area contributed by atoms with E-state index < -0.39 is 16.6 Å². The summed E-state index contributed by atoms with van der Waals surface area (Å²) < 4.78 is 25.6. The van der Waals surface area contributed by atoms with Gasteiger partial charge in [0.1, 0.15) is 17.8 Å². The van der Waals surface area contributed by atoms with Gasteiger partial charge in [0.2, 0.25) is 5.91 Å². The maximum absolute atomic E-state index is 12.6. The molecule has 8 heteroatoms. The van der Waals surface area contributed by atoms with Crippen LogP contribution in [0.1, 0.15) is 93.9 Å². The highest BCUT2D eigenvalue weighted by atomic mass is 28.4. The molecule has 3 fully saturated rings. The first-order chi connectivity index (χ1) is 20.2. The van der Waals surface area contributed by atoms with Gasteiger partial charge < -0.3 is 23.6 Å². The lowest BCUT2D eigenvalue weighted by molar-refractivity contribution is -0.117. The lowest BCUT2D eigenvalue weighted by Crippen LogP contribution is -2.54. The van der Waals surface area contributed by atoms with Crippen LogP contribution in [0.15, 0.2) is 36.0 Å². The summed E-state index contributed by atoms with van der Waals surface area (Å²) >= 11 is 0. The number of allylic oxidation sites excluding steroid dienone is 3. The number of amides is 1. The molecule has 0 bridgehead atoms. The molecule has 43 heavy (non-hydrogen) atoms. The zero-order valence-corrected chi connectivity index (χ0v) is 31.1. The van der Waals surface area contributed by atoms with Gasteiger partial charge in [0.05, 0.1) is 19.3 Å². The van der Waals surface area contributed by atoms with E-state index >= 15 is 0 Å². The van der Waals surface area contributed by atoms with E-state index in [0.717, 1.165) is 69.9 Å². The highest BCUT2D eigenvalue weighted by molar-refractivity contribution is 6.74. The molecule has 6 nitrogen and oxygen atoms in total. The topological polar surface area (TPSA) is 69.3 Å². The van der Waals surface area contributed by atoms with Crippen LogP contribution in [0.3, 0.4) is 0 Å². The second kappa shape index (κ2) is 15.5. The smallest absolute Gasteiger partial charge is 0.243 e. The molecule has 1 N–H and O–H groups in total. The number of rotatable bonds is 14. The van der Waals surface area contributed by atoms with Gasteiger partial charge in [0, 0.05) is 18.5 Å². The van der Waals surface area contributed by atoms with Crippen LogP contribution in [-0.2, 0) is 23.1 Å². The first kappa shape index (κ1) is 36.4. The van der Waals surface area contributed by atoms with E-state index in [2.05, 4.69) is 85.1 Å². The number of ether oxygens (including phenoxy) is 2. The largest absolute Gasteiger partial charge is 0.411 e. The number of nitrogens with one attached hydrogen (secondary N) is 1. The summed E-state index contributed by atoms with van der Waals surface area (Å²) in [7, 11) is -3.62. The molecule has 3 rings (SSSR count). The molecule has 2 aliphatic heterocycles. The van der Waals surface area contributed by atoms with Crippen molar-refractivity contribution >= 4 is 22.5 Å². The molecule has 1 amide bonds. The van der Waals surface area contributed by atoms with Gasteiger partial charge in [-0.25, -0.2) is 0 Å². The first-order valence-corrected chi connectivity index (χ1v) is 22.6. The van der Waals surface area contributed by atoms with Crippen LogP contribution in [0.4, 0.5) is 0 Å². The molecular formula is C35H63NO5Si2. The third-order valence-corrected chi connectivity index (χ3v) is 20.0. The Morgan fingerprint density at radius 1 is 1.07 bits per heavy atom. The molecule has 1 saturated carbocycles. The third kappa shape index (κ3) is 10.2. The van der Waals surface area contributed by atoms with Gasteiger partial charge >= 0.3 is 0 Å². The van der Waals surface area contributed by atoms with E-state index in [0.29, 0.717) is 5.92 Å². The van der Waals surface area contributed by atoms with Crippen molar-refractivity contribution in [3.8, 4) is 0 Å². The summed E-state index contributed by atoms with van der Waals surface area (Å²) in [5, 5.41) is 3.38. The van der Waals surface area contributed by atoms with Crippen molar-refractivity contribution < 1.29 is 23.1 Å². The quantitative estimate of drug-likeness (QED) is 0.0899. The van der Waals surface area contributed by atoms with Crippen molar-refractivity contribution in [2.75, 3.05) is 13.2 Å². The van der Waals surface area contributed by atoms with Gasteiger partial charge in [-0.2, -0.15) is 0 Å². The van der Waals surface area contributed by atoms with Gasteiger partial charge in [0.15, 0.2) is 16.6 Å². The Kier molecular flexibility index (Phi) is 13.1. The summed E-state index contributed by atoms with van der Waals surface area (Å²) in [6.07, 6.45) is 16.7. The second-order valence-electron chi connectivity index (χ2n) is 14.9. The molecule has 1 spiro atoms. The van der Waals surface area contributed by atoms with E-state index in [9.17, 15) is 4.79 Å². The number of carbonyl (C=O) groups is 1. The minimum absolute atomic E-state index is 0.00248. The van der Waals surface area contributed by atoms with E-state index in [1.54, 1.807) is 6.08 Å². The summed E-state index contributed by atoms with van der Waals surface area (Å²) in [6.45, 7) is 23.8. The van der Waals surface area contributed by atoms with Gasteiger partial charge in [0.25, 0.3) is 0 Å². The first-order valence-electron chi connectivity index (χ1n) is 17.1. The van der Waals surface area contributed by atoms with Crippen LogP contribution in [-0.4, -0.2) is 65.7 Å². The molecule has 3 aliphatic rings. The Hall–Kier alpha value is -1.04. The zero-order valence-electron chi connectivity index (χ0n) is 29.1. The Morgan fingerprint density at radius 2 is 1.70 bits per heavy atom. The van der Waals surface area contributed by atoms with Crippen LogP contribution >= 0.6 is 0 Å². The van der Waals surface area contributed by atoms with Crippen LogP contribution in [0.5, 0.6) is 0 Å². The van der Waals surface area contributed by atoms with Gasteiger partial charge in [-0.3, -0.25) is 4.79 Å². The van der Waals surface area contributed by atoms with Crippen molar-refractivity contribution in [1.29, 1.82) is 0 Å². The van der Waals surface area contributed by atoms with Gasteiger partial charge in [-0.15, -0.1) is 0 Å². The molecule has 1 unspecified atom stereocenters. The van der Waals surface area contributed by atoms with Crippen LogP contribution in [0, 0.1) is 5.92 Å². The Balaban J connectivity index is 1.45. The summed E-state index contributed by atoms with van der Waals surface area (Å²) in [5.74, 6) is 0.665. The highest BCUT2D eigenvalue weighted by Gasteiger charge is 2.58. The van der Waals surface area contributed by atoms with Crippen LogP contribution in [0.25, 0.3) is 0 Å². The molecule has 4 atom stereocenters. The number of epoxide rings is 1. The maximum atomic E-state index is 12.6. The normalized spacial score (nSPS) is 29.9. The van der Waals surface area contributed by atoms with Crippen LogP contribution in [0.2, 0.25) is 36.3 Å². The van der Waals surface area contributed by atoms with E-state index in [1.807, 2.05) is 13.0 Å². The standard InChI is InChI=1S/C35H63NO5Si2/c1-11-43(12-2,13-3)41-33-31(38-25-24-35(33)26-39-35)22-15-27(4)14-17-29-18-20-30(21-19-29)36-32(37)23-16-28(5)40-42(9,10)34(6,7)8/h14-16,22-23,28-31,33H,11-13,17-21,24-26H2,1-10H3,(H,36,37)/t28?,29?,30?,31-,33-,35-/m1/s1. The number of carbonyl (C=O) groups excluding carboxylic acids is 1. The zero-order chi connectivity index (χ0) is 31.9. The fraction of sp³-hybridized carbons (Fsp3) is 0.800. The molecule has 1 aliphatic carbocycles. The Morgan fingerprint density at radius 3 is 2.26 bits per heavy atom. The van der Waals surface area contributed by atoms with Crippen molar-refractivity contribution in [1.82, 2.24) is 5.32 Å². The fourth-order valence-corrected chi connectivity index (χ4v) is 10.5. The highest BCUT2D eigenvalue weighted by Crippen LogP contribution is 2.44. The lowest BCUT2D eigenvalue weighted by Gasteiger charge is -2.41. The van der Waals surface area contributed by atoms with E-state index in [4.69, 9.17) is 18.3 Å². The third-order valence-electron chi connectivity index (χ3n) is 10.8. The number of hydrogen-bond donors (Lipinski definition) is 1. The van der Waals surface area contributed by atoms with Crippen LogP contribution < -0.4 is 5.32 Å².